The summed E-state index contributed by atoms with van der Waals surface area (Å²) < 4.78 is 17.3. The zero-order valence-corrected chi connectivity index (χ0v) is 21.4. The molecule has 188 valence electrons. The number of hydrogen-bond donors (Lipinski definition) is 1. The van der Waals surface area contributed by atoms with Gasteiger partial charge in [-0.2, -0.15) is 4.98 Å². The summed E-state index contributed by atoms with van der Waals surface area (Å²) in [5, 5.41) is 4.22. The number of likely N-dealkylation sites (N-methyl/N-ethyl adjacent to an activating group) is 1. The maximum atomic E-state index is 6.29. The van der Waals surface area contributed by atoms with Gasteiger partial charge in [-0.05, 0) is 27.3 Å². The third kappa shape index (κ3) is 6.59. The first-order valence-electron chi connectivity index (χ1n) is 11.8. The Morgan fingerprint density at radius 3 is 2.63 bits per heavy atom. The second-order valence-electron chi connectivity index (χ2n) is 8.73. The Labute approximate surface area is 210 Å². The number of benzene rings is 1. The summed E-state index contributed by atoms with van der Waals surface area (Å²) in [6.45, 7) is 10.0. The summed E-state index contributed by atoms with van der Waals surface area (Å²) >= 11 is 6.29. The monoisotopic (exact) mass is 501 g/mol. The van der Waals surface area contributed by atoms with Crippen LogP contribution in [-0.2, 0) is 0 Å². The van der Waals surface area contributed by atoms with Crippen LogP contribution in [0.3, 0.4) is 0 Å². The Bertz CT molecular complexity index is 1140. The number of anilines is 2. The normalized spacial score (nSPS) is 14.9. The van der Waals surface area contributed by atoms with Gasteiger partial charge in [-0.3, -0.25) is 0 Å². The van der Waals surface area contributed by atoms with Gasteiger partial charge >= 0.3 is 6.01 Å². The molecule has 0 saturated carbocycles. The SMILES string of the molecule is COc1ncc(Cl)c(Nc2ncnc3cc(OCCCN4CCN(C)CC4)cc(OC(C)C)c23)n1. The van der Waals surface area contributed by atoms with Crippen LogP contribution in [-0.4, -0.2) is 89.3 Å². The second-order valence-corrected chi connectivity index (χ2v) is 9.14. The molecule has 1 aromatic carbocycles. The van der Waals surface area contributed by atoms with E-state index >= 15 is 0 Å². The van der Waals surface area contributed by atoms with Crippen LogP contribution < -0.4 is 19.5 Å². The van der Waals surface area contributed by atoms with E-state index in [1.165, 1.54) is 19.6 Å². The van der Waals surface area contributed by atoms with Crippen molar-refractivity contribution in [2.45, 2.75) is 26.4 Å². The highest BCUT2D eigenvalue weighted by molar-refractivity contribution is 6.33. The quantitative estimate of drug-likeness (QED) is 0.414. The van der Waals surface area contributed by atoms with Crippen molar-refractivity contribution in [1.82, 2.24) is 29.7 Å². The average molecular weight is 502 g/mol. The van der Waals surface area contributed by atoms with Gasteiger partial charge in [0.2, 0.25) is 0 Å². The number of ether oxygens (including phenoxy) is 3. The molecule has 3 aromatic rings. The molecule has 11 heteroatoms. The van der Waals surface area contributed by atoms with E-state index in [0.717, 1.165) is 39.1 Å². The number of methoxy groups -OCH3 is 1. The van der Waals surface area contributed by atoms with Crippen LogP contribution in [0.15, 0.2) is 24.7 Å². The Balaban J connectivity index is 1.53. The van der Waals surface area contributed by atoms with Crippen LogP contribution in [0, 0.1) is 0 Å². The van der Waals surface area contributed by atoms with E-state index in [2.05, 4.69) is 42.1 Å². The minimum absolute atomic E-state index is 0.0542. The maximum absolute atomic E-state index is 6.29. The standard InChI is InChI=1S/C24H32ClN7O3/c1-16(2)35-20-13-17(34-11-5-6-32-9-7-31(3)8-10-32)12-19-21(20)23(28-15-27-19)29-22-18(25)14-26-24(30-22)33-4/h12-16H,5-11H2,1-4H3,(H,26,27,28,29,30). The molecule has 0 amide bonds. The van der Waals surface area contributed by atoms with Crippen molar-refractivity contribution in [2.75, 3.05) is 58.8 Å². The van der Waals surface area contributed by atoms with E-state index in [1.807, 2.05) is 26.0 Å². The van der Waals surface area contributed by atoms with E-state index in [9.17, 15) is 0 Å². The van der Waals surface area contributed by atoms with Crippen LogP contribution in [0.1, 0.15) is 20.3 Å². The van der Waals surface area contributed by atoms with Gasteiger partial charge in [0, 0.05) is 44.9 Å². The Kier molecular flexibility index (Phi) is 8.37. The Morgan fingerprint density at radius 1 is 1.09 bits per heavy atom. The fourth-order valence-corrected chi connectivity index (χ4v) is 3.99. The van der Waals surface area contributed by atoms with Gasteiger partial charge in [0.25, 0.3) is 0 Å². The third-order valence-electron chi connectivity index (χ3n) is 5.66. The topological polar surface area (TPSA) is 97.8 Å². The molecule has 1 aliphatic heterocycles. The first kappa shape index (κ1) is 25.2. The van der Waals surface area contributed by atoms with E-state index < -0.39 is 0 Å². The van der Waals surface area contributed by atoms with Gasteiger partial charge in [0.1, 0.15) is 28.7 Å². The highest BCUT2D eigenvalue weighted by Crippen LogP contribution is 2.36. The van der Waals surface area contributed by atoms with Crippen molar-refractivity contribution >= 4 is 34.1 Å². The number of hydrogen-bond acceptors (Lipinski definition) is 10. The van der Waals surface area contributed by atoms with Gasteiger partial charge in [-0.15, -0.1) is 0 Å². The Hall–Kier alpha value is -2.95. The molecule has 4 rings (SSSR count). The summed E-state index contributed by atoms with van der Waals surface area (Å²) in [5.74, 6) is 2.21. The average Bonchev–Trinajstić information content (AvgIpc) is 2.84. The minimum atomic E-state index is -0.0542. The molecule has 3 heterocycles. The third-order valence-corrected chi connectivity index (χ3v) is 5.94. The molecule has 35 heavy (non-hydrogen) atoms. The molecule has 1 N–H and O–H groups in total. The largest absolute Gasteiger partial charge is 0.493 e. The molecule has 2 aromatic heterocycles. The number of aromatic nitrogens is 4. The number of nitrogens with zero attached hydrogens (tertiary/aromatic N) is 6. The summed E-state index contributed by atoms with van der Waals surface area (Å²) in [6.07, 6.45) is 3.85. The molecule has 10 nitrogen and oxygen atoms in total. The Morgan fingerprint density at radius 2 is 1.89 bits per heavy atom. The maximum Gasteiger partial charge on any atom is 0.318 e. The first-order valence-corrected chi connectivity index (χ1v) is 12.1. The van der Waals surface area contributed by atoms with E-state index in [4.69, 9.17) is 25.8 Å². The lowest BCUT2D eigenvalue weighted by molar-refractivity contribution is 0.145. The minimum Gasteiger partial charge on any atom is -0.493 e. The first-order chi connectivity index (χ1) is 16.9. The van der Waals surface area contributed by atoms with Crippen LogP contribution in [0.25, 0.3) is 10.9 Å². The zero-order valence-electron chi connectivity index (χ0n) is 20.6. The van der Waals surface area contributed by atoms with Crippen molar-refractivity contribution in [1.29, 1.82) is 0 Å². The van der Waals surface area contributed by atoms with Crippen molar-refractivity contribution in [2.24, 2.45) is 0 Å². The predicted molar refractivity (Wildman–Crippen MR) is 136 cm³/mol. The van der Waals surface area contributed by atoms with Crippen molar-refractivity contribution in [3.05, 3.63) is 29.7 Å². The fraction of sp³-hybridized carbons (Fsp3) is 0.500. The van der Waals surface area contributed by atoms with Crippen LogP contribution in [0.4, 0.5) is 11.6 Å². The van der Waals surface area contributed by atoms with Gasteiger partial charge in [0.05, 0.1) is 36.9 Å². The number of nitrogens with one attached hydrogen (secondary N) is 1. The highest BCUT2D eigenvalue weighted by Gasteiger charge is 2.17. The molecule has 1 aliphatic rings. The molecule has 0 aliphatic carbocycles. The molecule has 1 saturated heterocycles. The molecular formula is C24H32ClN7O3. The smallest absolute Gasteiger partial charge is 0.318 e. The van der Waals surface area contributed by atoms with E-state index in [1.54, 1.807) is 0 Å². The summed E-state index contributed by atoms with van der Waals surface area (Å²) in [5.41, 5.74) is 0.687. The number of fused-ring (bicyclic) bond motifs is 1. The van der Waals surface area contributed by atoms with E-state index in [0.29, 0.717) is 45.7 Å². The van der Waals surface area contributed by atoms with Gasteiger partial charge < -0.3 is 29.3 Å². The molecular weight excluding hydrogens is 470 g/mol. The molecule has 0 radical (unpaired) electrons. The van der Waals surface area contributed by atoms with Crippen LogP contribution in [0.5, 0.6) is 17.5 Å². The molecule has 0 bridgehead atoms. The lowest BCUT2D eigenvalue weighted by atomic mass is 10.2. The van der Waals surface area contributed by atoms with E-state index in [-0.39, 0.29) is 12.1 Å². The summed E-state index contributed by atoms with van der Waals surface area (Å²) in [6, 6.07) is 3.98. The molecule has 0 spiro atoms. The lowest BCUT2D eigenvalue weighted by Gasteiger charge is -2.32. The predicted octanol–water partition coefficient (Wildman–Crippen LogP) is 3.63. The second kappa shape index (κ2) is 11.7. The lowest BCUT2D eigenvalue weighted by Crippen LogP contribution is -2.44. The molecule has 0 unspecified atom stereocenters. The highest BCUT2D eigenvalue weighted by atomic mass is 35.5. The van der Waals surface area contributed by atoms with Gasteiger partial charge in [0.15, 0.2) is 5.82 Å². The number of halogens is 1. The summed E-state index contributed by atoms with van der Waals surface area (Å²) in [4.78, 5) is 22.0. The number of rotatable bonds is 10. The summed E-state index contributed by atoms with van der Waals surface area (Å²) in [7, 11) is 3.66. The zero-order chi connectivity index (χ0) is 24.8. The van der Waals surface area contributed by atoms with Gasteiger partial charge in [-0.1, -0.05) is 11.6 Å². The van der Waals surface area contributed by atoms with Crippen LogP contribution >= 0.6 is 11.6 Å². The molecule has 0 atom stereocenters. The van der Waals surface area contributed by atoms with Crippen molar-refractivity contribution in [3.8, 4) is 17.5 Å². The van der Waals surface area contributed by atoms with Crippen molar-refractivity contribution in [3.63, 3.8) is 0 Å². The molecule has 1 fully saturated rings. The number of piperazine rings is 1. The van der Waals surface area contributed by atoms with Crippen LogP contribution in [0.2, 0.25) is 5.02 Å². The van der Waals surface area contributed by atoms with Crippen molar-refractivity contribution < 1.29 is 14.2 Å². The van der Waals surface area contributed by atoms with Gasteiger partial charge in [-0.25, -0.2) is 15.0 Å². The fourth-order valence-electron chi connectivity index (χ4n) is 3.85.